The number of hydrogen-bond acceptors (Lipinski definition) is 7. The van der Waals surface area contributed by atoms with Crippen LogP contribution < -0.4 is 9.46 Å². The van der Waals surface area contributed by atoms with Gasteiger partial charge in [0.1, 0.15) is 4.90 Å². The molecule has 3 rings (SSSR count). The Balaban J connectivity index is 2.01. The molecule has 0 aliphatic carbocycles. The molecule has 0 aliphatic rings. The second-order valence-electron chi connectivity index (χ2n) is 8.52. The largest absolute Gasteiger partial charge is 0.477 e. The number of sulfonamides is 1. The predicted molar refractivity (Wildman–Crippen MR) is 122 cm³/mol. The molecule has 10 heteroatoms. The van der Waals surface area contributed by atoms with Gasteiger partial charge in [-0.3, -0.25) is 4.68 Å². The Morgan fingerprint density at radius 3 is 2.56 bits per heavy atom. The summed E-state index contributed by atoms with van der Waals surface area (Å²) in [6, 6.07) is 9.46. The third-order valence-corrected chi connectivity index (χ3v) is 6.03. The van der Waals surface area contributed by atoms with Gasteiger partial charge in [0.25, 0.3) is 10.0 Å². The number of nitrogens with one attached hydrogen (secondary N) is 1. The lowest BCUT2D eigenvalue weighted by atomic mass is 9.95. The summed E-state index contributed by atoms with van der Waals surface area (Å²) in [5.41, 5.74) is 1.56. The summed E-state index contributed by atoms with van der Waals surface area (Å²) in [6.07, 6.45) is 3.02. The monoisotopic (exact) mass is 459 g/mol. The maximum absolute atomic E-state index is 12.8. The molecule has 0 bridgehead atoms. The van der Waals surface area contributed by atoms with Crippen LogP contribution in [0.5, 0.6) is 5.88 Å². The molecule has 3 aromatic rings. The Labute approximate surface area is 188 Å². The topological polar surface area (TPSA) is 119 Å². The number of aliphatic hydroxyl groups is 1. The molecular weight excluding hydrogens is 430 g/mol. The minimum atomic E-state index is -3.93. The van der Waals surface area contributed by atoms with Gasteiger partial charge in [-0.15, -0.1) is 0 Å². The van der Waals surface area contributed by atoms with Crippen LogP contribution >= 0.6 is 0 Å². The van der Waals surface area contributed by atoms with Crippen molar-refractivity contribution in [2.45, 2.75) is 50.5 Å². The van der Waals surface area contributed by atoms with Crippen LogP contribution in [0.4, 0.5) is 5.95 Å². The van der Waals surface area contributed by atoms with Crippen LogP contribution in [0.25, 0.3) is 11.3 Å². The number of hydrogen-bond donors (Lipinski definition) is 2. The Hall–Kier alpha value is -2.98. The van der Waals surface area contributed by atoms with Gasteiger partial charge in [-0.2, -0.15) is 10.1 Å². The molecular formula is C22H29N5O4S. The van der Waals surface area contributed by atoms with Crippen molar-refractivity contribution >= 4 is 16.0 Å². The summed E-state index contributed by atoms with van der Waals surface area (Å²) in [5, 5.41) is 13.9. The second kappa shape index (κ2) is 9.25. The molecule has 0 saturated heterocycles. The van der Waals surface area contributed by atoms with E-state index in [4.69, 9.17) is 4.74 Å². The van der Waals surface area contributed by atoms with Gasteiger partial charge in [-0.25, -0.2) is 18.1 Å². The predicted octanol–water partition coefficient (Wildman–Crippen LogP) is 3.34. The van der Waals surface area contributed by atoms with E-state index in [0.29, 0.717) is 12.1 Å². The van der Waals surface area contributed by atoms with Gasteiger partial charge >= 0.3 is 0 Å². The summed E-state index contributed by atoms with van der Waals surface area (Å²) < 4.78 is 35.1. The average molecular weight is 460 g/mol. The molecule has 2 aromatic heterocycles. The summed E-state index contributed by atoms with van der Waals surface area (Å²) in [6.45, 7) is 7.74. The fraction of sp³-hybridized carbons (Fsp3) is 0.409. The zero-order valence-corrected chi connectivity index (χ0v) is 19.7. The van der Waals surface area contributed by atoms with E-state index in [2.05, 4.69) is 33.6 Å². The molecule has 0 radical (unpaired) electrons. The van der Waals surface area contributed by atoms with Crippen LogP contribution in [0.3, 0.4) is 0 Å². The minimum absolute atomic E-state index is 0.00100. The lowest BCUT2D eigenvalue weighted by Gasteiger charge is -2.18. The molecule has 2 heterocycles. The van der Waals surface area contributed by atoms with E-state index in [1.165, 1.54) is 17.1 Å². The Kier molecular flexibility index (Phi) is 6.85. The van der Waals surface area contributed by atoms with Crippen molar-refractivity contribution in [2.24, 2.45) is 7.05 Å². The summed E-state index contributed by atoms with van der Waals surface area (Å²) in [4.78, 5) is 8.70. The van der Waals surface area contributed by atoms with Crippen molar-refractivity contribution in [1.29, 1.82) is 0 Å². The first-order chi connectivity index (χ1) is 14.9. The molecule has 0 aliphatic heterocycles. The van der Waals surface area contributed by atoms with Crippen LogP contribution in [-0.2, 0) is 17.1 Å². The molecule has 2 N–H and O–H groups in total. The number of aryl methyl sites for hydroxylation is 1. The van der Waals surface area contributed by atoms with Crippen molar-refractivity contribution in [1.82, 2.24) is 19.7 Å². The van der Waals surface area contributed by atoms with Gasteiger partial charge in [0.2, 0.25) is 11.8 Å². The Morgan fingerprint density at radius 2 is 1.94 bits per heavy atom. The number of nitrogens with zero attached hydrogens (tertiary/aromatic N) is 4. The highest BCUT2D eigenvalue weighted by atomic mass is 32.2. The first kappa shape index (κ1) is 23.7. The molecule has 0 spiro atoms. The van der Waals surface area contributed by atoms with Crippen LogP contribution in [0.1, 0.15) is 45.6 Å². The van der Waals surface area contributed by atoms with E-state index in [1.54, 1.807) is 27.0 Å². The molecule has 32 heavy (non-hydrogen) atoms. The van der Waals surface area contributed by atoms with Gasteiger partial charge < -0.3 is 9.84 Å². The van der Waals surface area contributed by atoms with Gasteiger partial charge in [0, 0.05) is 31.3 Å². The third kappa shape index (κ3) is 6.04. The van der Waals surface area contributed by atoms with Crippen LogP contribution in [0, 0.1) is 0 Å². The van der Waals surface area contributed by atoms with Gasteiger partial charge in [0.15, 0.2) is 0 Å². The maximum Gasteiger partial charge on any atom is 0.267 e. The van der Waals surface area contributed by atoms with E-state index >= 15 is 0 Å². The lowest BCUT2D eigenvalue weighted by molar-refractivity contribution is 0.0547. The zero-order chi connectivity index (χ0) is 23.5. The van der Waals surface area contributed by atoms with Crippen molar-refractivity contribution in [3.63, 3.8) is 0 Å². The average Bonchev–Trinajstić information content (AvgIpc) is 3.14. The molecule has 1 aromatic carbocycles. The van der Waals surface area contributed by atoms with Gasteiger partial charge in [-0.1, -0.05) is 38.1 Å². The normalized spacial score (nSPS) is 12.2. The van der Waals surface area contributed by atoms with Gasteiger partial charge in [0.05, 0.1) is 24.1 Å². The minimum Gasteiger partial charge on any atom is -0.477 e. The van der Waals surface area contributed by atoms with Crippen molar-refractivity contribution < 1.29 is 18.3 Å². The van der Waals surface area contributed by atoms with Crippen LogP contribution in [0.15, 0.2) is 47.6 Å². The number of anilines is 1. The molecule has 0 amide bonds. The van der Waals surface area contributed by atoms with Crippen molar-refractivity contribution in [2.75, 3.05) is 11.3 Å². The van der Waals surface area contributed by atoms with Crippen molar-refractivity contribution in [3.05, 3.63) is 48.3 Å². The fourth-order valence-electron chi connectivity index (χ4n) is 3.04. The maximum atomic E-state index is 12.8. The first-order valence-corrected chi connectivity index (χ1v) is 11.8. The van der Waals surface area contributed by atoms with E-state index in [9.17, 15) is 13.5 Å². The van der Waals surface area contributed by atoms with Crippen LogP contribution in [-0.4, -0.2) is 45.5 Å². The Morgan fingerprint density at radius 1 is 1.22 bits per heavy atom. The standard InChI is InChI=1S/C22H29N5O4S/c1-15(2)17-8-6-7-9-18(17)19-12-20(31-11-10-22(3,4)28)25-21(24-19)26-32(29,30)16-13-23-27(5)14-16/h6-9,12-15,28H,10-11H2,1-5H3,(H,24,25,26). The number of benzene rings is 1. The molecule has 0 unspecified atom stereocenters. The molecule has 172 valence electrons. The second-order valence-corrected chi connectivity index (χ2v) is 10.2. The van der Waals surface area contributed by atoms with E-state index < -0.39 is 15.6 Å². The third-order valence-electron chi connectivity index (χ3n) is 4.74. The smallest absolute Gasteiger partial charge is 0.267 e. The van der Waals surface area contributed by atoms with E-state index in [1.807, 2.05) is 24.3 Å². The molecule has 0 saturated carbocycles. The quantitative estimate of drug-likeness (QED) is 0.504. The summed E-state index contributed by atoms with van der Waals surface area (Å²) in [5.74, 6) is 0.334. The highest BCUT2D eigenvalue weighted by Gasteiger charge is 2.20. The molecule has 0 atom stereocenters. The summed E-state index contributed by atoms with van der Waals surface area (Å²) in [7, 11) is -2.30. The SMILES string of the molecule is CC(C)c1ccccc1-c1cc(OCCC(C)(C)O)nc(NS(=O)(=O)c2cnn(C)c2)n1. The lowest BCUT2D eigenvalue weighted by Crippen LogP contribution is -2.22. The summed E-state index contributed by atoms with van der Waals surface area (Å²) >= 11 is 0. The zero-order valence-electron chi connectivity index (χ0n) is 18.9. The number of ether oxygens (including phenoxy) is 1. The fourth-order valence-corrected chi connectivity index (χ4v) is 3.97. The molecule has 0 fully saturated rings. The Bertz CT molecular complexity index is 1180. The highest BCUT2D eigenvalue weighted by Crippen LogP contribution is 2.30. The van der Waals surface area contributed by atoms with E-state index in [0.717, 1.165) is 11.1 Å². The van der Waals surface area contributed by atoms with Gasteiger partial charge in [-0.05, 0) is 25.3 Å². The first-order valence-electron chi connectivity index (χ1n) is 10.3. The van der Waals surface area contributed by atoms with Crippen molar-refractivity contribution in [3.8, 4) is 17.1 Å². The molecule has 9 nitrogen and oxygen atoms in total. The van der Waals surface area contributed by atoms with Crippen LogP contribution in [0.2, 0.25) is 0 Å². The highest BCUT2D eigenvalue weighted by molar-refractivity contribution is 7.92. The number of rotatable bonds is 9. The number of aromatic nitrogens is 4. The van der Waals surface area contributed by atoms with E-state index in [-0.39, 0.29) is 29.2 Å².